The van der Waals surface area contributed by atoms with Crippen molar-refractivity contribution in [3.8, 4) is 5.69 Å². The van der Waals surface area contributed by atoms with Gasteiger partial charge >= 0.3 is 0 Å². The standard InChI is InChI=1S/C27H32F2N6O2/c1-16(2)31-21-8-9-22(25(18(21)14-30-4)34-13-12-17(3)15-34)32-27(37)23-10-11-24(36)35(33-23)26-19(28)6-5-7-20(26)29/h5-11,16-17,30-31H,12-15H2,1-4H3,(H,32,37)/t17-/m0/s1. The van der Waals surface area contributed by atoms with Crippen molar-refractivity contribution in [3.05, 3.63) is 75.7 Å². The van der Waals surface area contributed by atoms with Gasteiger partial charge in [0.2, 0.25) is 0 Å². The first-order chi connectivity index (χ1) is 17.7. The fourth-order valence-electron chi connectivity index (χ4n) is 4.61. The Morgan fingerprint density at radius 1 is 1.08 bits per heavy atom. The van der Waals surface area contributed by atoms with Crippen LogP contribution in [0.3, 0.4) is 0 Å². The maximum atomic E-state index is 14.3. The van der Waals surface area contributed by atoms with Gasteiger partial charge in [-0.1, -0.05) is 13.0 Å². The van der Waals surface area contributed by atoms with Crippen molar-refractivity contribution in [2.24, 2.45) is 5.92 Å². The molecule has 3 N–H and O–H groups in total. The fraction of sp³-hybridized carbons (Fsp3) is 0.370. The first-order valence-corrected chi connectivity index (χ1v) is 12.4. The fourth-order valence-corrected chi connectivity index (χ4v) is 4.61. The SMILES string of the molecule is CNCc1c(NC(C)C)ccc(NC(=O)c2ccc(=O)n(-c3c(F)cccc3F)n2)c1N1CC[C@H](C)C1. The molecule has 1 aliphatic rings. The molecule has 0 unspecified atom stereocenters. The van der Waals surface area contributed by atoms with Crippen LogP contribution in [0.4, 0.5) is 25.8 Å². The lowest BCUT2D eigenvalue weighted by Crippen LogP contribution is -2.28. The number of hydrogen-bond donors (Lipinski definition) is 3. The van der Waals surface area contributed by atoms with Crippen LogP contribution in [0.5, 0.6) is 0 Å². The Morgan fingerprint density at radius 3 is 2.41 bits per heavy atom. The molecule has 1 amide bonds. The number of aromatic nitrogens is 2. The summed E-state index contributed by atoms with van der Waals surface area (Å²) in [5, 5.41) is 13.6. The highest BCUT2D eigenvalue weighted by molar-refractivity contribution is 6.05. The summed E-state index contributed by atoms with van der Waals surface area (Å²) in [6, 6.07) is 9.53. The summed E-state index contributed by atoms with van der Waals surface area (Å²) in [5.41, 5.74) is 1.96. The number of para-hydroxylation sites is 1. The van der Waals surface area contributed by atoms with E-state index in [9.17, 15) is 18.4 Å². The molecule has 4 rings (SSSR count). The predicted octanol–water partition coefficient (Wildman–Crippen LogP) is 4.15. The molecule has 1 aromatic heterocycles. The molecule has 1 aliphatic heterocycles. The summed E-state index contributed by atoms with van der Waals surface area (Å²) in [5.74, 6) is -2.00. The van der Waals surface area contributed by atoms with Crippen LogP contribution in [-0.2, 0) is 6.54 Å². The summed E-state index contributed by atoms with van der Waals surface area (Å²) < 4.78 is 29.3. The zero-order valence-corrected chi connectivity index (χ0v) is 21.4. The van der Waals surface area contributed by atoms with E-state index in [2.05, 4.69) is 46.7 Å². The smallest absolute Gasteiger partial charge is 0.276 e. The van der Waals surface area contributed by atoms with Gasteiger partial charge < -0.3 is 20.9 Å². The highest BCUT2D eigenvalue weighted by atomic mass is 19.1. The van der Waals surface area contributed by atoms with E-state index in [1.807, 2.05) is 19.2 Å². The largest absolute Gasteiger partial charge is 0.383 e. The Bertz CT molecular complexity index is 1340. The molecule has 8 nitrogen and oxygen atoms in total. The van der Waals surface area contributed by atoms with Gasteiger partial charge in [-0.15, -0.1) is 0 Å². The van der Waals surface area contributed by atoms with E-state index in [-0.39, 0.29) is 11.7 Å². The van der Waals surface area contributed by atoms with Gasteiger partial charge in [0.25, 0.3) is 11.5 Å². The minimum Gasteiger partial charge on any atom is -0.383 e. The first-order valence-electron chi connectivity index (χ1n) is 12.4. The highest BCUT2D eigenvalue weighted by Gasteiger charge is 2.26. The number of nitrogens with one attached hydrogen (secondary N) is 3. The second kappa shape index (κ2) is 11.1. The van der Waals surface area contributed by atoms with Gasteiger partial charge in [-0.25, -0.2) is 8.78 Å². The number of hydrogen-bond acceptors (Lipinski definition) is 6. The number of rotatable bonds is 8. The molecule has 37 heavy (non-hydrogen) atoms. The maximum Gasteiger partial charge on any atom is 0.276 e. The number of amides is 1. The number of nitrogens with zero attached hydrogens (tertiary/aromatic N) is 3. The Balaban J connectivity index is 1.75. The molecule has 1 saturated heterocycles. The average molecular weight is 511 g/mol. The van der Waals surface area contributed by atoms with Crippen LogP contribution < -0.4 is 26.4 Å². The molecule has 2 aromatic carbocycles. The van der Waals surface area contributed by atoms with Crippen molar-refractivity contribution in [1.82, 2.24) is 15.1 Å². The third-order valence-corrected chi connectivity index (χ3v) is 6.25. The summed E-state index contributed by atoms with van der Waals surface area (Å²) in [4.78, 5) is 28.0. The normalized spacial score (nSPS) is 15.3. The monoisotopic (exact) mass is 510 g/mol. The van der Waals surface area contributed by atoms with E-state index in [0.29, 0.717) is 22.8 Å². The number of halogens is 2. The molecule has 10 heteroatoms. The Kier molecular flexibility index (Phi) is 7.87. The van der Waals surface area contributed by atoms with E-state index in [1.54, 1.807) is 0 Å². The predicted molar refractivity (Wildman–Crippen MR) is 142 cm³/mol. The van der Waals surface area contributed by atoms with Crippen LogP contribution in [0.1, 0.15) is 43.2 Å². The lowest BCUT2D eigenvalue weighted by molar-refractivity contribution is 0.102. The van der Waals surface area contributed by atoms with E-state index in [0.717, 1.165) is 54.6 Å². The molecule has 2 heterocycles. The van der Waals surface area contributed by atoms with Crippen LogP contribution >= 0.6 is 0 Å². The van der Waals surface area contributed by atoms with Crippen molar-refractivity contribution in [2.45, 2.75) is 39.8 Å². The van der Waals surface area contributed by atoms with Crippen LogP contribution in [0.15, 0.2) is 47.3 Å². The summed E-state index contributed by atoms with van der Waals surface area (Å²) in [6.45, 7) is 8.60. The van der Waals surface area contributed by atoms with E-state index in [1.165, 1.54) is 12.1 Å². The molecule has 0 radical (unpaired) electrons. The zero-order chi connectivity index (χ0) is 26.7. The number of benzene rings is 2. The first kappa shape index (κ1) is 26.3. The molecule has 1 atom stereocenters. The average Bonchev–Trinajstić information content (AvgIpc) is 3.27. The molecule has 196 valence electrons. The second-order valence-electron chi connectivity index (χ2n) is 9.65. The third-order valence-electron chi connectivity index (χ3n) is 6.25. The highest BCUT2D eigenvalue weighted by Crippen LogP contribution is 2.38. The van der Waals surface area contributed by atoms with Crippen molar-refractivity contribution in [1.29, 1.82) is 0 Å². The Hall–Kier alpha value is -3.79. The molecule has 0 aliphatic carbocycles. The van der Waals surface area contributed by atoms with E-state index < -0.39 is 28.8 Å². The Morgan fingerprint density at radius 2 is 1.78 bits per heavy atom. The van der Waals surface area contributed by atoms with Crippen molar-refractivity contribution in [2.75, 3.05) is 35.7 Å². The van der Waals surface area contributed by atoms with Gasteiger partial charge in [-0.3, -0.25) is 9.59 Å². The Labute approximate surface area is 214 Å². The van der Waals surface area contributed by atoms with Gasteiger partial charge in [0, 0.05) is 43.0 Å². The molecule has 0 saturated carbocycles. The van der Waals surface area contributed by atoms with Gasteiger partial charge in [0.05, 0.1) is 11.4 Å². The van der Waals surface area contributed by atoms with Crippen LogP contribution in [-0.4, -0.2) is 41.9 Å². The second-order valence-corrected chi connectivity index (χ2v) is 9.65. The van der Waals surface area contributed by atoms with E-state index in [4.69, 9.17) is 0 Å². The van der Waals surface area contributed by atoms with Crippen LogP contribution in [0, 0.1) is 17.6 Å². The molecule has 0 spiro atoms. The molecule has 3 aromatic rings. The van der Waals surface area contributed by atoms with Gasteiger partial charge in [0.1, 0.15) is 11.4 Å². The molecule has 1 fully saturated rings. The number of carbonyl (C=O) groups is 1. The van der Waals surface area contributed by atoms with Crippen molar-refractivity contribution >= 4 is 23.0 Å². The van der Waals surface area contributed by atoms with Crippen molar-refractivity contribution in [3.63, 3.8) is 0 Å². The van der Waals surface area contributed by atoms with Crippen LogP contribution in [0.2, 0.25) is 0 Å². The number of carbonyl (C=O) groups excluding carboxylic acids is 1. The quantitative estimate of drug-likeness (QED) is 0.422. The topological polar surface area (TPSA) is 91.3 Å². The van der Waals surface area contributed by atoms with Gasteiger partial charge in [-0.05, 0) is 63.6 Å². The van der Waals surface area contributed by atoms with Crippen LogP contribution in [0.25, 0.3) is 5.69 Å². The molecular formula is C27H32F2N6O2. The minimum absolute atomic E-state index is 0.150. The lowest BCUT2D eigenvalue weighted by Gasteiger charge is -2.28. The maximum absolute atomic E-state index is 14.3. The minimum atomic E-state index is -0.956. The zero-order valence-electron chi connectivity index (χ0n) is 21.4. The molecular weight excluding hydrogens is 478 g/mol. The summed E-state index contributed by atoms with van der Waals surface area (Å²) in [7, 11) is 1.87. The third kappa shape index (κ3) is 5.64. The lowest BCUT2D eigenvalue weighted by atomic mass is 10.1. The summed E-state index contributed by atoms with van der Waals surface area (Å²) in [6.07, 6.45) is 1.04. The van der Waals surface area contributed by atoms with Crippen molar-refractivity contribution < 1.29 is 13.6 Å². The van der Waals surface area contributed by atoms with Gasteiger partial charge in [0.15, 0.2) is 11.6 Å². The summed E-state index contributed by atoms with van der Waals surface area (Å²) >= 11 is 0. The van der Waals surface area contributed by atoms with Gasteiger partial charge in [-0.2, -0.15) is 9.78 Å². The van der Waals surface area contributed by atoms with E-state index >= 15 is 0 Å². The molecule has 0 bridgehead atoms. The number of anilines is 3.